The number of aryl methyl sites for hydroxylation is 1. The number of likely N-dealkylation sites (N-methyl/N-ethyl adjacent to an activating group) is 1. The first kappa shape index (κ1) is 19.2. The van der Waals surface area contributed by atoms with Crippen LogP contribution in [0.1, 0.15) is 42.7 Å². The molecule has 138 valence electrons. The molecule has 0 aliphatic rings. The second-order valence-electron chi connectivity index (χ2n) is 6.72. The number of hydrogen-bond acceptors (Lipinski definition) is 4. The molecule has 0 radical (unpaired) electrons. The number of pyridine rings is 1. The van der Waals surface area contributed by atoms with E-state index >= 15 is 0 Å². The van der Waals surface area contributed by atoms with E-state index in [9.17, 15) is 4.79 Å². The second-order valence-corrected chi connectivity index (χ2v) is 6.72. The van der Waals surface area contributed by atoms with Crippen LogP contribution in [-0.2, 0) is 6.42 Å². The van der Waals surface area contributed by atoms with Crippen molar-refractivity contribution in [3.63, 3.8) is 0 Å². The molecule has 0 unspecified atom stereocenters. The minimum Gasteiger partial charge on any atom is -0.359 e. The van der Waals surface area contributed by atoms with Gasteiger partial charge in [0.25, 0.3) is 5.91 Å². The Labute approximate surface area is 150 Å². The highest BCUT2D eigenvalue weighted by molar-refractivity contribution is 5.94. The Morgan fingerprint density at radius 2 is 1.96 bits per heavy atom. The first-order valence-corrected chi connectivity index (χ1v) is 9.13. The molecular weight excluding hydrogens is 314 g/mol. The maximum atomic E-state index is 12.4. The predicted molar refractivity (Wildman–Crippen MR) is 104 cm³/mol. The van der Waals surface area contributed by atoms with Gasteiger partial charge in [0, 0.05) is 32.9 Å². The summed E-state index contributed by atoms with van der Waals surface area (Å²) in [5.74, 6) is 1.05. The van der Waals surface area contributed by atoms with Gasteiger partial charge in [-0.05, 0) is 39.1 Å². The fraction of sp³-hybridized carbons (Fsp3) is 0.579. The van der Waals surface area contributed by atoms with Gasteiger partial charge in [0.15, 0.2) is 0 Å². The van der Waals surface area contributed by atoms with Crippen LogP contribution in [0.25, 0.3) is 5.65 Å². The smallest absolute Gasteiger partial charge is 0.252 e. The summed E-state index contributed by atoms with van der Waals surface area (Å²) in [7, 11) is 6.09. The number of rotatable bonds is 9. The lowest BCUT2D eigenvalue weighted by molar-refractivity contribution is 0.0950. The number of carbonyl (C=O) groups excluding carboxylic acids is 1. The fourth-order valence-electron chi connectivity index (χ4n) is 2.85. The molecule has 1 amide bonds. The predicted octanol–water partition coefficient (Wildman–Crippen LogP) is 2.42. The molecule has 6 heteroatoms. The van der Waals surface area contributed by atoms with Gasteiger partial charge in [-0.2, -0.15) is 0 Å². The van der Waals surface area contributed by atoms with E-state index < -0.39 is 0 Å². The Balaban J connectivity index is 2.29. The second kappa shape index (κ2) is 8.85. The molecule has 6 nitrogen and oxygen atoms in total. The van der Waals surface area contributed by atoms with E-state index in [1.54, 1.807) is 0 Å². The van der Waals surface area contributed by atoms with Gasteiger partial charge in [-0.15, -0.1) is 0 Å². The molecule has 1 N–H and O–H groups in total. The number of nitrogens with one attached hydrogen (secondary N) is 1. The number of fused-ring (bicyclic) bond motifs is 1. The minimum atomic E-state index is -0.0438. The highest BCUT2D eigenvalue weighted by Crippen LogP contribution is 2.23. The van der Waals surface area contributed by atoms with Crippen LogP contribution >= 0.6 is 0 Å². The lowest BCUT2D eigenvalue weighted by Crippen LogP contribution is -2.31. The van der Waals surface area contributed by atoms with Crippen molar-refractivity contribution < 1.29 is 4.79 Å². The first-order chi connectivity index (χ1) is 12.0. The Morgan fingerprint density at radius 1 is 1.20 bits per heavy atom. The largest absolute Gasteiger partial charge is 0.359 e. The molecule has 25 heavy (non-hydrogen) atoms. The SMILES string of the molecule is CCCCN(C)c1c(CC)nc2ccc(C(=O)NCCN(C)C)cn12. The third-order valence-electron chi connectivity index (χ3n) is 4.31. The van der Waals surface area contributed by atoms with Crippen molar-refractivity contribution in [2.45, 2.75) is 33.1 Å². The first-order valence-electron chi connectivity index (χ1n) is 9.13. The minimum absolute atomic E-state index is 0.0438. The van der Waals surface area contributed by atoms with E-state index in [1.165, 1.54) is 0 Å². The summed E-state index contributed by atoms with van der Waals surface area (Å²) < 4.78 is 2.05. The molecule has 0 spiro atoms. The van der Waals surface area contributed by atoms with Crippen molar-refractivity contribution in [3.8, 4) is 0 Å². The van der Waals surface area contributed by atoms with Gasteiger partial charge in [-0.3, -0.25) is 9.20 Å². The van der Waals surface area contributed by atoms with E-state index in [0.29, 0.717) is 12.1 Å². The normalized spacial score (nSPS) is 11.3. The maximum absolute atomic E-state index is 12.4. The monoisotopic (exact) mass is 345 g/mol. The summed E-state index contributed by atoms with van der Waals surface area (Å²) in [6.45, 7) is 6.75. The zero-order valence-electron chi connectivity index (χ0n) is 16.2. The molecule has 0 aliphatic heterocycles. The summed E-state index contributed by atoms with van der Waals surface area (Å²) in [5, 5.41) is 2.97. The molecule has 2 aromatic heterocycles. The lowest BCUT2D eigenvalue weighted by atomic mass is 10.2. The molecule has 0 saturated heterocycles. The van der Waals surface area contributed by atoms with Gasteiger partial charge in [-0.1, -0.05) is 20.3 Å². The Kier molecular flexibility index (Phi) is 6.82. The molecular formula is C19H31N5O. The Bertz CT molecular complexity index is 707. The van der Waals surface area contributed by atoms with E-state index in [0.717, 1.165) is 49.5 Å². The maximum Gasteiger partial charge on any atom is 0.252 e. The lowest BCUT2D eigenvalue weighted by Gasteiger charge is -2.20. The number of carbonyl (C=O) groups is 1. The third kappa shape index (κ3) is 4.72. The molecule has 0 aromatic carbocycles. The number of imidazole rings is 1. The average Bonchev–Trinajstić information content (AvgIpc) is 2.96. The molecule has 0 atom stereocenters. The van der Waals surface area contributed by atoms with Gasteiger partial charge in [0.2, 0.25) is 0 Å². The zero-order chi connectivity index (χ0) is 18.4. The number of hydrogen-bond donors (Lipinski definition) is 1. The van der Waals surface area contributed by atoms with Gasteiger partial charge in [0.1, 0.15) is 11.5 Å². The number of aromatic nitrogens is 2. The van der Waals surface area contributed by atoms with Crippen LogP contribution in [0.5, 0.6) is 0 Å². The molecule has 0 saturated carbocycles. The van der Waals surface area contributed by atoms with Crippen molar-refractivity contribution in [2.75, 3.05) is 45.7 Å². The molecule has 0 fully saturated rings. The topological polar surface area (TPSA) is 52.9 Å². The van der Waals surface area contributed by atoms with Crippen LogP contribution in [0.15, 0.2) is 18.3 Å². The zero-order valence-corrected chi connectivity index (χ0v) is 16.2. The van der Waals surface area contributed by atoms with Crippen LogP contribution < -0.4 is 10.2 Å². The highest BCUT2D eigenvalue weighted by Gasteiger charge is 2.16. The Hall–Kier alpha value is -2.08. The average molecular weight is 345 g/mol. The van der Waals surface area contributed by atoms with E-state index in [-0.39, 0.29) is 5.91 Å². The van der Waals surface area contributed by atoms with Gasteiger partial charge in [-0.25, -0.2) is 4.98 Å². The highest BCUT2D eigenvalue weighted by atomic mass is 16.1. The van der Waals surface area contributed by atoms with Crippen LogP contribution in [0.4, 0.5) is 5.82 Å². The van der Waals surface area contributed by atoms with Crippen LogP contribution in [0.3, 0.4) is 0 Å². The molecule has 2 rings (SSSR count). The standard InChI is InChI=1S/C19H31N5O/c1-6-8-12-23(5)19-16(7-2)21-17-10-9-15(14-24(17)19)18(25)20-11-13-22(3)4/h9-10,14H,6-8,11-13H2,1-5H3,(H,20,25). The summed E-state index contributed by atoms with van der Waals surface area (Å²) >= 11 is 0. The van der Waals surface area contributed by atoms with Crippen molar-refractivity contribution in [1.82, 2.24) is 19.6 Å². The van der Waals surface area contributed by atoms with E-state index in [1.807, 2.05) is 37.3 Å². The number of nitrogens with zero attached hydrogens (tertiary/aromatic N) is 4. The van der Waals surface area contributed by atoms with Gasteiger partial charge in [0.05, 0.1) is 11.3 Å². The summed E-state index contributed by atoms with van der Waals surface area (Å²) in [5.41, 5.74) is 2.63. The van der Waals surface area contributed by atoms with Crippen LogP contribution in [-0.4, -0.2) is 61.0 Å². The molecule has 0 aliphatic carbocycles. The van der Waals surface area contributed by atoms with Crippen LogP contribution in [0, 0.1) is 0 Å². The van der Waals surface area contributed by atoms with Crippen molar-refractivity contribution in [2.24, 2.45) is 0 Å². The third-order valence-corrected chi connectivity index (χ3v) is 4.31. The quantitative estimate of drug-likeness (QED) is 0.758. The summed E-state index contributed by atoms with van der Waals surface area (Å²) in [6, 6.07) is 3.78. The summed E-state index contributed by atoms with van der Waals surface area (Å²) in [4.78, 5) is 21.4. The van der Waals surface area contributed by atoms with Crippen LogP contribution in [0.2, 0.25) is 0 Å². The molecule has 2 heterocycles. The number of unbranched alkanes of at least 4 members (excludes halogenated alkanes) is 1. The molecule has 0 bridgehead atoms. The Morgan fingerprint density at radius 3 is 2.60 bits per heavy atom. The number of amides is 1. The number of anilines is 1. The summed E-state index contributed by atoms with van der Waals surface area (Å²) in [6.07, 6.45) is 5.07. The van der Waals surface area contributed by atoms with E-state index in [2.05, 4.69) is 35.5 Å². The van der Waals surface area contributed by atoms with Gasteiger partial charge < -0.3 is 15.1 Å². The fourth-order valence-corrected chi connectivity index (χ4v) is 2.85. The van der Waals surface area contributed by atoms with Crippen molar-refractivity contribution in [3.05, 3.63) is 29.6 Å². The van der Waals surface area contributed by atoms with E-state index in [4.69, 9.17) is 4.98 Å². The van der Waals surface area contributed by atoms with Crippen molar-refractivity contribution in [1.29, 1.82) is 0 Å². The van der Waals surface area contributed by atoms with Gasteiger partial charge >= 0.3 is 0 Å². The molecule has 2 aromatic rings. The van der Waals surface area contributed by atoms with Crippen molar-refractivity contribution >= 4 is 17.4 Å².